The van der Waals surface area contributed by atoms with Gasteiger partial charge in [0.15, 0.2) is 0 Å². The first-order valence-electron chi connectivity index (χ1n) is 7.88. The van der Waals surface area contributed by atoms with Crippen molar-refractivity contribution in [3.05, 3.63) is 65.7 Å². The van der Waals surface area contributed by atoms with Crippen LogP contribution in [0.1, 0.15) is 42.7 Å². The Labute approximate surface area is 126 Å². The molecule has 0 aromatic heterocycles. The van der Waals surface area contributed by atoms with Gasteiger partial charge in [-0.3, -0.25) is 0 Å². The van der Waals surface area contributed by atoms with E-state index < -0.39 is 0 Å². The zero-order chi connectivity index (χ0) is 14.5. The third-order valence-electron chi connectivity index (χ3n) is 4.48. The highest BCUT2D eigenvalue weighted by atomic mass is 16.3. The van der Waals surface area contributed by atoms with Gasteiger partial charge in [0, 0.05) is 17.6 Å². The van der Waals surface area contributed by atoms with Gasteiger partial charge in [-0.2, -0.15) is 0 Å². The third kappa shape index (κ3) is 3.45. The maximum atomic E-state index is 9.12. The van der Waals surface area contributed by atoms with Gasteiger partial charge in [-0.1, -0.05) is 55.3 Å². The van der Waals surface area contributed by atoms with Crippen molar-refractivity contribution in [1.82, 2.24) is 0 Å². The van der Waals surface area contributed by atoms with E-state index in [-0.39, 0.29) is 6.61 Å². The lowest BCUT2D eigenvalue weighted by molar-refractivity contribution is 0.282. The van der Waals surface area contributed by atoms with E-state index in [0.717, 1.165) is 11.3 Å². The summed E-state index contributed by atoms with van der Waals surface area (Å²) in [6.07, 6.45) is 5.11. The number of nitrogens with one attached hydrogen (secondary N) is 1. The predicted octanol–water partition coefficient (Wildman–Crippen LogP) is 4.32. The lowest BCUT2D eigenvalue weighted by atomic mass is 9.80. The molecule has 1 saturated carbocycles. The molecule has 2 unspecified atom stereocenters. The SMILES string of the molecule is OCc1ccc(NC2CCCCC2c2ccccc2)cc1. The second-order valence-electron chi connectivity index (χ2n) is 5.91. The second kappa shape index (κ2) is 6.77. The first-order valence-corrected chi connectivity index (χ1v) is 7.88. The van der Waals surface area contributed by atoms with Crippen LogP contribution in [0.25, 0.3) is 0 Å². The van der Waals surface area contributed by atoms with Gasteiger partial charge in [-0.15, -0.1) is 0 Å². The number of anilines is 1. The molecule has 0 radical (unpaired) electrons. The van der Waals surface area contributed by atoms with E-state index in [0.29, 0.717) is 12.0 Å². The molecule has 0 amide bonds. The van der Waals surface area contributed by atoms with Gasteiger partial charge in [0.25, 0.3) is 0 Å². The van der Waals surface area contributed by atoms with Crippen molar-refractivity contribution in [2.45, 2.75) is 44.2 Å². The lowest BCUT2D eigenvalue weighted by Crippen LogP contribution is -2.30. The summed E-state index contributed by atoms with van der Waals surface area (Å²) in [5.41, 5.74) is 3.56. The quantitative estimate of drug-likeness (QED) is 0.875. The van der Waals surface area contributed by atoms with Gasteiger partial charge < -0.3 is 10.4 Å². The van der Waals surface area contributed by atoms with E-state index >= 15 is 0 Å². The van der Waals surface area contributed by atoms with Crippen molar-refractivity contribution in [3.63, 3.8) is 0 Å². The van der Waals surface area contributed by atoms with Crippen molar-refractivity contribution < 1.29 is 5.11 Å². The Morgan fingerprint density at radius 2 is 1.62 bits per heavy atom. The molecular weight excluding hydrogens is 258 g/mol. The molecule has 1 fully saturated rings. The van der Waals surface area contributed by atoms with Gasteiger partial charge >= 0.3 is 0 Å². The zero-order valence-electron chi connectivity index (χ0n) is 12.3. The molecule has 1 aliphatic carbocycles. The molecule has 2 N–H and O–H groups in total. The molecule has 0 bridgehead atoms. The molecule has 0 saturated heterocycles. The van der Waals surface area contributed by atoms with Crippen LogP contribution in [0, 0.1) is 0 Å². The van der Waals surface area contributed by atoms with E-state index in [2.05, 4.69) is 47.8 Å². The minimum Gasteiger partial charge on any atom is -0.392 e. The molecule has 2 aromatic rings. The molecular formula is C19H23NO. The third-order valence-corrected chi connectivity index (χ3v) is 4.48. The molecule has 0 heterocycles. The summed E-state index contributed by atoms with van der Waals surface area (Å²) in [5, 5.41) is 12.8. The van der Waals surface area contributed by atoms with Gasteiger partial charge in [0.1, 0.15) is 0 Å². The van der Waals surface area contributed by atoms with Crippen LogP contribution < -0.4 is 5.32 Å². The molecule has 2 nitrogen and oxygen atoms in total. The van der Waals surface area contributed by atoms with Crippen LogP contribution in [0.5, 0.6) is 0 Å². The molecule has 0 spiro atoms. The Balaban J connectivity index is 1.75. The van der Waals surface area contributed by atoms with Crippen LogP contribution in [-0.2, 0) is 6.61 Å². The van der Waals surface area contributed by atoms with Crippen molar-refractivity contribution in [2.75, 3.05) is 5.32 Å². The zero-order valence-corrected chi connectivity index (χ0v) is 12.3. The largest absolute Gasteiger partial charge is 0.392 e. The predicted molar refractivity (Wildman–Crippen MR) is 87.4 cm³/mol. The first-order chi connectivity index (χ1) is 10.4. The van der Waals surface area contributed by atoms with Crippen molar-refractivity contribution in [1.29, 1.82) is 0 Å². The topological polar surface area (TPSA) is 32.3 Å². The van der Waals surface area contributed by atoms with Crippen LogP contribution >= 0.6 is 0 Å². The Hall–Kier alpha value is -1.80. The number of aliphatic hydroxyl groups is 1. The van der Waals surface area contributed by atoms with Crippen LogP contribution in [0.4, 0.5) is 5.69 Å². The van der Waals surface area contributed by atoms with E-state index in [1.54, 1.807) is 0 Å². The molecule has 3 rings (SSSR count). The fourth-order valence-corrected chi connectivity index (χ4v) is 3.32. The highest BCUT2D eigenvalue weighted by molar-refractivity contribution is 5.46. The van der Waals surface area contributed by atoms with E-state index in [1.165, 1.54) is 31.2 Å². The van der Waals surface area contributed by atoms with E-state index in [9.17, 15) is 0 Å². The fraction of sp³-hybridized carbons (Fsp3) is 0.368. The monoisotopic (exact) mass is 281 g/mol. The Morgan fingerprint density at radius 1 is 0.905 bits per heavy atom. The van der Waals surface area contributed by atoms with Crippen LogP contribution in [0.15, 0.2) is 54.6 Å². The van der Waals surface area contributed by atoms with Crippen molar-refractivity contribution in [3.8, 4) is 0 Å². The van der Waals surface area contributed by atoms with Gasteiger partial charge in [-0.25, -0.2) is 0 Å². The number of hydrogen-bond acceptors (Lipinski definition) is 2. The van der Waals surface area contributed by atoms with Crippen molar-refractivity contribution in [2.24, 2.45) is 0 Å². The minimum atomic E-state index is 0.107. The molecule has 0 aliphatic heterocycles. The number of rotatable bonds is 4. The van der Waals surface area contributed by atoms with Crippen molar-refractivity contribution >= 4 is 5.69 Å². The van der Waals surface area contributed by atoms with Gasteiger partial charge in [0.05, 0.1) is 6.61 Å². The summed E-state index contributed by atoms with van der Waals surface area (Å²) in [6.45, 7) is 0.107. The average molecular weight is 281 g/mol. The normalized spacial score (nSPS) is 22.0. The fourth-order valence-electron chi connectivity index (χ4n) is 3.32. The first kappa shape index (κ1) is 14.2. The smallest absolute Gasteiger partial charge is 0.0681 e. The van der Waals surface area contributed by atoms with Crippen LogP contribution in [-0.4, -0.2) is 11.1 Å². The minimum absolute atomic E-state index is 0.107. The highest BCUT2D eigenvalue weighted by Gasteiger charge is 2.26. The Bertz CT molecular complexity index is 550. The summed E-state index contributed by atoms with van der Waals surface area (Å²) < 4.78 is 0. The second-order valence-corrected chi connectivity index (χ2v) is 5.91. The van der Waals surface area contributed by atoms with Gasteiger partial charge in [0.2, 0.25) is 0 Å². The molecule has 2 aromatic carbocycles. The summed E-state index contributed by atoms with van der Waals surface area (Å²) in [5.74, 6) is 0.595. The molecule has 110 valence electrons. The summed E-state index contributed by atoms with van der Waals surface area (Å²) in [6, 6.07) is 19.5. The van der Waals surface area contributed by atoms with E-state index in [4.69, 9.17) is 5.11 Å². The molecule has 21 heavy (non-hydrogen) atoms. The molecule has 2 heteroatoms. The average Bonchev–Trinajstić information content (AvgIpc) is 2.57. The summed E-state index contributed by atoms with van der Waals surface area (Å²) in [4.78, 5) is 0. The van der Waals surface area contributed by atoms with Gasteiger partial charge in [-0.05, 0) is 36.1 Å². The Morgan fingerprint density at radius 3 is 2.33 bits per heavy atom. The number of aliphatic hydroxyl groups excluding tert-OH is 1. The maximum absolute atomic E-state index is 9.12. The standard InChI is InChI=1S/C19H23NO/c21-14-15-10-12-17(13-11-15)20-19-9-5-4-8-18(19)16-6-2-1-3-7-16/h1-3,6-7,10-13,18-21H,4-5,8-9,14H2. The van der Waals surface area contributed by atoms with Crippen LogP contribution in [0.3, 0.4) is 0 Å². The molecule has 1 aliphatic rings. The number of benzene rings is 2. The van der Waals surface area contributed by atoms with E-state index in [1.807, 2.05) is 12.1 Å². The number of hydrogen-bond donors (Lipinski definition) is 2. The lowest BCUT2D eigenvalue weighted by Gasteiger charge is -2.33. The van der Waals surface area contributed by atoms with Crippen LogP contribution in [0.2, 0.25) is 0 Å². The maximum Gasteiger partial charge on any atom is 0.0681 e. The molecule has 2 atom stereocenters. The summed E-state index contributed by atoms with van der Waals surface area (Å²) >= 11 is 0. The summed E-state index contributed by atoms with van der Waals surface area (Å²) in [7, 11) is 0. The Kier molecular flexibility index (Phi) is 4.56. The highest BCUT2D eigenvalue weighted by Crippen LogP contribution is 2.34.